The minimum atomic E-state index is -0.458. The van der Waals surface area contributed by atoms with E-state index in [9.17, 15) is 9.59 Å². The number of aryl methyl sites for hydroxylation is 1. The number of hydrogen-bond acceptors (Lipinski definition) is 4. The molecule has 6 nitrogen and oxygen atoms in total. The number of allylic oxidation sites excluding steroid dienone is 1. The maximum atomic E-state index is 12.5. The van der Waals surface area contributed by atoms with Gasteiger partial charge in [-0.15, -0.1) is 0 Å². The van der Waals surface area contributed by atoms with Gasteiger partial charge in [0.05, 0.1) is 5.39 Å². The number of hydrazone groups is 1. The number of rotatable bonds is 6. The number of aromatic nitrogens is 2. The van der Waals surface area contributed by atoms with E-state index in [1.54, 1.807) is 30.3 Å². The van der Waals surface area contributed by atoms with Crippen LogP contribution in [0.4, 0.5) is 0 Å². The van der Waals surface area contributed by atoms with Crippen LogP contribution in [0.3, 0.4) is 0 Å². The average molecular weight is 360 g/mol. The SMILES string of the molecule is CCCn1nc(C(=O)N/N=C/C=C/c2ccccc2)c2ccccc2c1=O. The van der Waals surface area contributed by atoms with Gasteiger partial charge in [-0.25, -0.2) is 10.1 Å². The lowest BCUT2D eigenvalue weighted by molar-refractivity contribution is 0.0949. The molecule has 1 heterocycles. The van der Waals surface area contributed by atoms with E-state index in [-0.39, 0.29) is 11.3 Å². The predicted octanol–water partition coefficient (Wildman–Crippen LogP) is 3.24. The van der Waals surface area contributed by atoms with Crippen molar-refractivity contribution in [3.8, 4) is 0 Å². The summed E-state index contributed by atoms with van der Waals surface area (Å²) in [6.45, 7) is 2.40. The Balaban J connectivity index is 1.81. The molecule has 1 N–H and O–H groups in total. The number of hydrogen-bond donors (Lipinski definition) is 1. The van der Waals surface area contributed by atoms with Crippen LogP contribution in [-0.4, -0.2) is 21.9 Å². The molecule has 0 aliphatic carbocycles. The molecule has 6 heteroatoms. The molecule has 0 aliphatic heterocycles. The lowest BCUT2D eigenvalue weighted by Crippen LogP contribution is -2.29. The Kier molecular flexibility index (Phi) is 5.89. The van der Waals surface area contributed by atoms with Crippen LogP contribution in [-0.2, 0) is 6.54 Å². The summed E-state index contributed by atoms with van der Waals surface area (Å²) in [5, 5.41) is 9.15. The summed E-state index contributed by atoms with van der Waals surface area (Å²) in [6, 6.07) is 16.7. The summed E-state index contributed by atoms with van der Waals surface area (Å²) < 4.78 is 1.33. The Morgan fingerprint density at radius 2 is 1.81 bits per heavy atom. The van der Waals surface area contributed by atoms with Crippen molar-refractivity contribution < 1.29 is 4.79 Å². The van der Waals surface area contributed by atoms with Gasteiger partial charge >= 0.3 is 0 Å². The fourth-order valence-corrected chi connectivity index (χ4v) is 2.68. The molecule has 2 aromatic carbocycles. The number of nitrogens with zero attached hydrogens (tertiary/aromatic N) is 3. The van der Waals surface area contributed by atoms with Crippen LogP contribution in [0.25, 0.3) is 16.8 Å². The highest BCUT2D eigenvalue weighted by molar-refractivity contribution is 6.04. The molecule has 0 atom stereocenters. The summed E-state index contributed by atoms with van der Waals surface area (Å²) in [7, 11) is 0. The van der Waals surface area contributed by atoms with Crippen LogP contribution in [0.5, 0.6) is 0 Å². The lowest BCUT2D eigenvalue weighted by Gasteiger charge is -2.09. The van der Waals surface area contributed by atoms with E-state index < -0.39 is 5.91 Å². The molecule has 27 heavy (non-hydrogen) atoms. The first kappa shape index (κ1) is 18.3. The molecule has 0 bridgehead atoms. The highest BCUT2D eigenvalue weighted by atomic mass is 16.2. The zero-order valence-corrected chi connectivity index (χ0v) is 15.0. The quantitative estimate of drug-likeness (QED) is 0.542. The number of amides is 1. The van der Waals surface area contributed by atoms with Crippen molar-refractivity contribution in [2.24, 2.45) is 5.10 Å². The van der Waals surface area contributed by atoms with Gasteiger partial charge in [-0.3, -0.25) is 9.59 Å². The van der Waals surface area contributed by atoms with E-state index in [2.05, 4.69) is 15.6 Å². The summed E-state index contributed by atoms with van der Waals surface area (Å²) in [4.78, 5) is 25.0. The fraction of sp³-hybridized carbons (Fsp3) is 0.143. The topological polar surface area (TPSA) is 76.3 Å². The molecule has 0 saturated carbocycles. The number of fused-ring (bicyclic) bond motifs is 1. The summed E-state index contributed by atoms with van der Waals surface area (Å²) in [6.07, 6.45) is 5.85. The summed E-state index contributed by atoms with van der Waals surface area (Å²) >= 11 is 0. The molecule has 0 aliphatic rings. The summed E-state index contributed by atoms with van der Waals surface area (Å²) in [5.41, 5.74) is 3.49. The maximum absolute atomic E-state index is 12.5. The van der Waals surface area contributed by atoms with Crippen molar-refractivity contribution in [3.05, 3.63) is 82.3 Å². The second kappa shape index (κ2) is 8.71. The Morgan fingerprint density at radius 1 is 1.11 bits per heavy atom. The third-order valence-electron chi connectivity index (χ3n) is 3.93. The minimum Gasteiger partial charge on any atom is -0.267 e. The second-order valence-electron chi connectivity index (χ2n) is 5.91. The van der Waals surface area contributed by atoms with Crippen molar-refractivity contribution in [2.75, 3.05) is 0 Å². The molecule has 1 aromatic heterocycles. The zero-order chi connectivity index (χ0) is 19.1. The van der Waals surface area contributed by atoms with Gasteiger partial charge in [0, 0.05) is 18.1 Å². The Bertz CT molecular complexity index is 1050. The van der Waals surface area contributed by atoms with E-state index in [1.165, 1.54) is 10.9 Å². The lowest BCUT2D eigenvalue weighted by atomic mass is 10.1. The van der Waals surface area contributed by atoms with Crippen LogP contribution < -0.4 is 11.0 Å². The van der Waals surface area contributed by atoms with Gasteiger partial charge in [0.15, 0.2) is 5.69 Å². The van der Waals surface area contributed by atoms with Crippen LogP contribution in [0, 0.1) is 0 Å². The van der Waals surface area contributed by atoms with Crippen LogP contribution >= 0.6 is 0 Å². The molecule has 1 amide bonds. The summed E-state index contributed by atoms with van der Waals surface area (Å²) in [5.74, 6) is -0.458. The molecular weight excluding hydrogens is 340 g/mol. The Morgan fingerprint density at radius 3 is 2.56 bits per heavy atom. The van der Waals surface area contributed by atoms with E-state index >= 15 is 0 Å². The van der Waals surface area contributed by atoms with Crippen molar-refractivity contribution in [1.29, 1.82) is 0 Å². The van der Waals surface area contributed by atoms with Gasteiger partial charge in [-0.2, -0.15) is 10.2 Å². The molecule has 0 spiro atoms. The molecule has 3 aromatic rings. The molecule has 0 unspecified atom stereocenters. The number of nitrogens with one attached hydrogen (secondary N) is 1. The molecular formula is C21H20N4O2. The third-order valence-corrected chi connectivity index (χ3v) is 3.93. The average Bonchev–Trinajstić information content (AvgIpc) is 2.70. The molecule has 3 rings (SSSR count). The highest BCUT2D eigenvalue weighted by Gasteiger charge is 2.15. The van der Waals surface area contributed by atoms with Gasteiger partial charge in [0.2, 0.25) is 0 Å². The van der Waals surface area contributed by atoms with Gasteiger partial charge in [-0.05, 0) is 24.1 Å². The van der Waals surface area contributed by atoms with Gasteiger partial charge in [0.1, 0.15) is 0 Å². The molecule has 136 valence electrons. The van der Waals surface area contributed by atoms with E-state index in [4.69, 9.17) is 0 Å². The normalized spacial score (nSPS) is 11.4. The number of benzene rings is 2. The van der Waals surface area contributed by atoms with Gasteiger partial charge in [-0.1, -0.05) is 61.5 Å². The molecule has 0 saturated heterocycles. The van der Waals surface area contributed by atoms with Crippen LogP contribution in [0.1, 0.15) is 29.4 Å². The zero-order valence-electron chi connectivity index (χ0n) is 15.0. The van der Waals surface area contributed by atoms with Gasteiger partial charge < -0.3 is 0 Å². The molecule has 0 fully saturated rings. The maximum Gasteiger partial charge on any atom is 0.292 e. The monoisotopic (exact) mass is 360 g/mol. The van der Waals surface area contributed by atoms with Gasteiger partial charge in [0.25, 0.3) is 11.5 Å². The van der Waals surface area contributed by atoms with E-state index in [0.29, 0.717) is 17.3 Å². The van der Waals surface area contributed by atoms with Crippen LogP contribution in [0.15, 0.2) is 70.6 Å². The Labute approximate surface area is 156 Å². The van der Waals surface area contributed by atoms with E-state index in [0.717, 1.165) is 12.0 Å². The predicted molar refractivity (Wildman–Crippen MR) is 108 cm³/mol. The fourth-order valence-electron chi connectivity index (χ4n) is 2.68. The smallest absolute Gasteiger partial charge is 0.267 e. The standard InChI is InChI=1S/C21H20N4O2/c1-2-15-25-21(27)18-13-7-6-12-17(18)19(24-25)20(26)23-22-14-8-11-16-9-4-3-5-10-16/h3-14H,2,15H2,1H3,(H,23,26)/b11-8+,22-14+. The first-order valence-electron chi connectivity index (χ1n) is 8.75. The van der Waals surface area contributed by atoms with Crippen molar-refractivity contribution >= 4 is 29.0 Å². The van der Waals surface area contributed by atoms with E-state index in [1.807, 2.05) is 43.3 Å². The minimum absolute atomic E-state index is 0.183. The Hall–Kier alpha value is -3.54. The third kappa shape index (κ3) is 4.36. The molecule has 0 radical (unpaired) electrons. The first-order chi connectivity index (χ1) is 13.2. The highest BCUT2D eigenvalue weighted by Crippen LogP contribution is 2.13. The van der Waals surface area contributed by atoms with Crippen molar-refractivity contribution in [2.45, 2.75) is 19.9 Å². The first-order valence-corrected chi connectivity index (χ1v) is 8.75. The number of carbonyl (C=O) groups is 1. The van der Waals surface area contributed by atoms with Crippen LogP contribution in [0.2, 0.25) is 0 Å². The number of carbonyl (C=O) groups excluding carboxylic acids is 1. The van der Waals surface area contributed by atoms with Crippen molar-refractivity contribution in [1.82, 2.24) is 15.2 Å². The largest absolute Gasteiger partial charge is 0.292 e. The van der Waals surface area contributed by atoms with Crippen molar-refractivity contribution in [3.63, 3.8) is 0 Å². The second-order valence-corrected chi connectivity index (χ2v) is 5.91.